The summed E-state index contributed by atoms with van der Waals surface area (Å²) in [5.41, 5.74) is -0.564. The topological polar surface area (TPSA) is 150 Å². The largest absolute Gasteiger partial charge is 0.496 e. The van der Waals surface area contributed by atoms with E-state index in [1.807, 2.05) is 20.0 Å². The molecule has 0 amide bonds. The molecule has 2 bridgehead atoms. The summed E-state index contributed by atoms with van der Waals surface area (Å²) in [5.74, 6) is -1.07. The van der Waals surface area contributed by atoms with E-state index in [0.717, 1.165) is 71.7 Å². The Balaban J connectivity index is 1.20. The van der Waals surface area contributed by atoms with Gasteiger partial charge < -0.3 is 43.6 Å². The van der Waals surface area contributed by atoms with Crippen LogP contribution in [-0.2, 0) is 50.6 Å². The number of hydrogen-bond donors (Lipinski definition) is 2. The number of carbonyl (C=O) groups excluding carboxylic acids is 3. The minimum Gasteiger partial charge on any atom is -0.496 e. The number of nitrogens with one attached hydrogen (secondary N) is 1. The lowest BCUT2D eigenvalue weighted by molar-refractivity contribution is -0.178. The second-order valence-corrected chi connectivity index (χ2v) is 19.9. The molecule has 0 radical (unpaired) electrons. The zero-order valence-electron chi connectivity index (χ0n) is 37.7. The van der Waals surface area contributed by atoms with Gasteiger partial charge in [0.05, 0.1) is 32.3 Å². The van der Waals surface area contributed by atoms with Gasteiger partial charge in [-0.1, -0.05) is 26.0 Å². The van der Waals surface area contributed by atoms with Gasteiger partial charge in [-0.25, -0.2) is 4.79 Å². The summed E-state index contributed by atoms with van der Waals surface area (Å²) in [7, 11) is 6.42. The highest BCUT2D eigenvalue weighted by Gasteiger charge is 2.98. The molecule has 2 N–H and O–H groups in total. The van der Waals surface area contributed by atoms with Crippen molar-refractivity contribution in [3.63, 3.8) is 0 Å². The number of aliphatic hydroxyl groups is 1. The number of fused-ring (bicyclic) bond motifs is 6. The normalized spacial score (nSPS) is 38.2. The number of benzene rings is 2. The summed E-state index contributed by atoms with van der Waals surface area (Å²) < 4.78 is 31.7. The van der Waals surface area contributed by atoms with Crippen LogP contribution in [0.5, 0.6) is 5.75 Å². The van der Waals surface area contributed by atoms with Crippen LogP contribution in [0.2, 0.25) is 0 Å². The fourth-order valence-corrected chi connectivity index (χ4v) is 14.7. The molecule has 1 saturated carbocycles. The number of nitrogens with zero attached hydrogens (tertiary/aromatic N) is 4. The highest BCUT2D eigenvalue weighted by Crippen LogP contribution is 2.80. The summed E-state index contributed by atoms with van der Waals surface area (Å²) in [6.07, 6.45) is 7.82. The van der Waals surface area contributed by atoms with Crippen molar-refractivity contribution in [2.24, 2.45) is 11.3 Å². The number of H-pyrrole nitrogens is 1. The molecule has 5 fully saturated rings. The van der Waals surface area contributed by atoms with Gasteiger partial charge >= 0.3 is 17.9 Å². The van der Waals surface area contributed by atoms with Gasteiger partial charge in [-0.15, -0.1) is 0 Å². The Kier molecular flexibility index (Phi) is 8.93. The van der Waals surface area contributed by atoms with E-state index in [2.05, 4.69) is 67.9 Å². The molecule has 8 aliphatic rings. The monoisotopic (exact) mass is 863 g/mol. The van der Waals surface area contributed by atoms with E-state index in [0.29, 0.717) is 69.5 Å². The van der Waals surface area contributed by atoms with Crippen LogP contribution in [-0.4, -0.2) is 141 Å². The predicted molar refractivity (Wildman–Crippen MR) is 235 cm³/mol. The average molecular weight is 864 g/mol. The summed E-state index contributed by atoms with van der Waals surface area (Å²) in [4.78, 5) is 56.5. The Morgan fingerprint density at radius 2 is 1.76 bits per heavy atom. The van der Waals surface area contributed by atoms with E-state index in [4.69, 9.17) is 23.7 Å². The second kappa shape index (κ2) is 13.7. The van der Waals surface area contributed by atoms with Gasteiger partial charge in [0.2, 0.25) is 0 Å². The van der Waals surface area contributed by atoms with Gasteiger partial charge in [0.1, 0.15) is 11.2 Å². The molecular weight excluding hydrogens is 803 g/mol. The third-order valence-corrected chi connectivity index (χ3v) is 17.3. The number of likely N-dealkylation sites (N-methyl/N-ethyl adjacent to an activating group) is 1. The third-order valence-electron chi connectivity index (χ3n) is 17.3. The minimum absolute atomic E-state index is 0.0851. The first-order chi connectivity index (χ1) is 30.3. The summed E-state index contributed by atoms with van der Waals surface area (Å²) in [6, 6.07) is 10.5. The number of rotatable bonds is 8. The van der Waals surface area contributed by atoms with Crippen LogP contribution in [0.4, 0.5) is 11.4 Å². The molecule has 11 rings (SSSR count). The number of piperidine rings is 1. The maximum absolute atomic E-state index is 15.6. The fraction of sp³-hybridized carbons (Fsp3) is 0.612. The molecule has 1 aliphatic carbocycles. The number of aromatic amines is 1. The van der Waals surface area contributed by atoms with E-state index in [-0.39, 0.29) is 12.0 Å². The van der Waals surface area contributed by atoms with Crippen molar-refractivity contribution in [1.29, 1.82) is 0 Å². The number of anilines is 2. The van der Waals surface area contributed by atoms with Crippen molar-refractivity contribution >= 4 is 40.2 Å². The van der Waals surface area contributed by atoms with Crippen LogP contribution in [0.3, 0.4) is 0 Å². The number of aromatic nitrogens is 1. The lowest BCUT2D eigenvalue weighted by atomic mass is 9.49. The van der Waals surface area contributed by atoms with Gasteiger partial charge in [-0.05, 0) is 92.8 Å². The molecule has 336 valence electrons. The molecular formula is C49H61N5O9. The number of carbonyl (C=O) groups is 3. The molecule has 4 saturated heterocycles. The van der Waals surface area contributed by atoms with Crippen LogP contribution >= 0.6 is 0 Å². The zero-order chi connectivity index (χ0) is 44.1. The maximum Gasteiger partial charge on any atom is 0.347 e. The zero-order valence-corrected chi connectivity index (χ0v) is 37.7. The summed E-state index contributed by atoms with van der Waals surface area (Å²) in [5, 5.41) is 13.2. The molecule has 1 aromatic heterocycles. The third kappa shape index (κ3) is 4.90. The minimum atomic E-state index is -1.66. The van der Waals surface area contributed by atoms with Gasteiger partial charge in [-0.3, -0.25) is 19.4 Å². The lowest BCUT2D eigenvalue weighted by Gasteiger charge is -2.58. The molecule has 14 heteroatoms. The van der Waals surface area contributed by atoms with Crippen LogP contribution in [0, 0.1) is 11.3 Å². The van der Waals surface area contributed by atoms with Gasteiger partial charge in [-0.2, -0.15) is 0 Å². The number of ether oxygens (including phenoxy) is 5. The quantitative estimate of drug-likeness (QED) is 0.141. The Labute approximate surface area is 368 Å². The first kappa shape index (κ1) is 41.1. The maximum atomic E-state index is 15.6. The van der Waals surface area contributed by atoms with Crippen molar-refractivity contribution in [1.82, 2.24) is 14.8 Å². The second-order valence-electron chi connectivity index (χ2n) is 19.9. The van der Waals surface area contributed by atoms with Gasteiger partial charge in [0.25, 0.3) is 5.60 Å². The van der Waals surface area contributed by atoms with Crippen LogP contribution < -0.4 is 14.5 Å². The highest BCUT2D eigenvalue weighted by atomic mass is 16.7. The molecule has 3 aromatic rings. The number of esters is 3. The van der Waals surface area contributed by atoms with E-state index in [9.17, 15) is 14.7 Å². The molecule has 8 heterocycles. The SMILES string of the molecule is CC[C@]1(O)C[C@H]2CN(CCc3c([nH]c4ccc(N5CCC5)cc34)[C@@](C(=O)OC)(c3cc4c(cc3OC)N(C)[C@@]35O[C@]3(C(=O)OC)[C@H](OC(C)=O)[C@]3(CC)C=CCN6CC[C@]45[C@@H]63)C2)C1. The number of epoxide rings is 1. The Hall–Kier alpha value is -4.63. The van der Waals surface area contributed by atoms with Crippen LogP contribution in [0.1, 0.15) is 81.7 Å². The Morgan fingerprint density at radius 3 is 2.44 bits per heavy atom. The smallest absolute Gasteiger partial charge is 0.347 e. The average Bonchev–Trinajstić information content (AvgIpc) is 3.51. The predicted octanol–water partition coefficient (Wildman–Crippen LogP) is 4.57. The van der Waals surface area contributed by atoms with Crippen molar-refractivity contribution in [3.05, 3.63) is 64.9 Å². The van der Waals surface area contributed by atoms with E-state index < -0.39 is 57.2 Å². The van der Waals surface area contributed by atoms with Crippen molar-refractivity contribution < 1.29 is 43.2 Å². The summed E-state index contributed by atoms with van der Waals surface area (Å²) >= 11 is 0. The van der Waals surface area contributed by atoms with E-state index in [1.54, 1.807) is 7.11 Å². The molecule has 1 unspecified atom stereocenters. The number of methoxy groups -OCH3 is 3. The highest BCUT2D eigenvalue weighted by molar-refractivity contribution is 5.97. The van der Waals surface area contributed by atoms with Crippen molar-refractivity contribution in [3.8, 4) is 5.75 Å². The summed E-state index contributed by atoms with van der Waals surface area (Å²) in [6.45, 7) is 11.0. The lowest BCUT2D eigenvalue weighted by Crippen LogP contribution is -2.75. The molecule has 7 aliphatic heterocycles. The van der Waals surface area contributed by atoms with Crippen molar-refractivity contribution in [2.75, 3.05) is 84.0 Å². The molecule has 2 aromatic carbocycles. The first-order valence-electron chi connectivity index (χ1n) is 23.1. The van der Waals surface area contributed by atoms with Crippen LogP contribution in [0.25, 0.3) is 10.9 Å². The molecule has 10 atom stereocenters. The first-order valence-corrected chi connectivity index (χ1v) is 23.1. The fourth-order valence-electron chi connectivity index (χ4n) is 14.7. The molecule has 2 spiro atoms. The van der Waals surface area contributed by atoms with Gasteiger partial charge in [0, 0.05) is 104 Å². The van der Waals surface area contributed by atoms with E-state index >= 15 is 4.79 Å². The van der Waals surface area contributed by atoms with E-state index in [1.165, 1.54) is 21.1 Å². The van der Waals surface area contributed by atoms with Crippen LogP contribution in [0.15, 0.2) is 42.5 Å². The van der Waals surface area contributed by atoms with Gasteiger partial charge in [0.15, 0.2) is 11.8 Å². The Bertz CT molecular complexity index is 2480. The Morgan fingerprint density at radius 1 is 0.968 bits per heavy atom. The standard InChI is InChI=1S/C49H61N5O9/c1-8-44(58)25-30-26-46(42(56)60-6,39-32(14-20-52(27-30)28-44)33-22-31(53-18-11-19-53)12-13-36(33)50-39)35-23-34-37(24-38(35)59-5)51(4)49-47(34)16-21-54-17-10-15-45(9-2,40(47)54)41(62-29(3)55)48(49,63-49)43(57)61-7/h10,12-13,15,22-24,30,40-41,50,58H,8-9,11,14,16-21,25-28H2,1-7H3/t30-,40+,41-,44+,45-,46+,47-,48+,49+/m1/s1. The molecule has 14 nitrogen and oxygen atoms in total. The molecule has 63 heavy (non-hydrogen) atoms. The van der Waals surface area contributed by atoms with Crippen molar-refractivity contribution in [2.45, 2.75) is 106 Å². The number of hydrogen-bond acceptors (Lipinski definition) is 13.